The molecular weight excluding hydrogens is 247 g/mol. The highest BCUT2D eigenvalue weighted by molar-refractivity contribution is 5.87. The number of carbonyl (C=O) groups excluding carboxylic acids is 2. The number of hydrogen-bond acceptors (Lipinski definition) is 2. The second-order valence-electron chi connectivity index (χ2n) is 4.29. The lowest BCUT2D eigenvalue weighted by atomic mass is 10.1. The summed E-state index contributed by atoms with van der Waals surface area (Å²) in [6, 6.07) is 5.36. The number of benzene rings is 1. The number of likely N-dealkylation sites (N-methyl/N-ethyl adjacent to an activating group) is 1. The van der Waals surface area contributed by atoms with E-state index >= 15 is 0 Å². The quantitative estimate of drug-likeness (QED) is 0.882. The van der Waals surface area contributed by atoms with E-state index in [0.717, 1.165) is 5.56 Å². The van der Waals surface area contributed by atoms with Gasteiger partial charge in [-0.3, -0.25) is 9.59 Å². The molecule has 1 aromatic carbocycles. The van der Waals surface area contributed by atoms with Crippen LogP contribution in [0, 0.1) is 5.82 Å². The van der Waals surface area contributed by atoms with Crippen LogP contribution in [-0.2, 0) is 16.1 Å². The molecule has 0 aliphatic heterocycles. The third-order valence-corrected chi connectivity index (χ3v) is 2.98. The third-order valence-electron chi connectivity index (χ3n) is 2.98. The SMILES string of the molecule is CCC(=O)N(Cc1ccc(F)cc1)[C@@H](C)C(=O)NC. The van der Waals surface area contributed by atoms with Crippen molar-refractivity contribution < 1.29 is 14.0 Å². The Balaban J connectivity index is 2.89. The average molecular weight is 266 g/mol. The molecule has 0 aromatic heterocycles. The van der Waals surface area contributed by atoms with Gasteiger partial charge in [0.25, 0.3) is 0 Å². The summed E-state index contributed by atoms with van der Waals surface area (Å²) in [5.74, 6) is -0.652. The first-order valence-corrected chi connectivity index (χ1v) is 6.25. The van der Waals surface area contributed by atoms with Crippen molar-refractivity contribution in [2.45, 2.75) is 32.9 Å². The smallest absolute Gasteiger partial charge is 0.242 e. The monoisotopic (exact) mass is 266 g/mol. The van der Waals surface area contributed by atoms with Gasteiger partial charge >= 0.3 is 0 Å². The van der Waals surface area contributed by atoms with E-state index in [4.69, 9.17) is 0 Å². The molecule has 1 rings (SSSR count). The Kier molecular flexibility index (Phi) is 5.48. The van der Waals surface area contributed by atoms with Crippen LogP contribution in [0.2, 0.25) is 0 Å². The van der Waals surface area contributed by atoms with Gasteiger partial charge in [0.1, 0.15) is 11.9 Å². The van der Waals surface area contributed by atoms with Gasteiger partial charge in [-0.2, -0.15) is 0 Å². The Labute approximate surface area is 112 Å². The van der Waals surface area contributed by atoms with Crippen LogP contribution in [0.4, 0.5) is 4.39 Å². The van der Waals surface area contributed by atoms with Gasteiger partial charge in [-0.15, -0.1) is 0 Å². The fourth-order valence-electron chi connectivity index (χ4n) is 1.78. The van der Waals surface area contributed by atoms with Crippen molar-refractivity contribution in [2.75, 3.05) is 7.05 Å². The lowest BCUT2D eigenvalue weighted by Crippen LogP contribution is -2.46. The number of amides is 2. The van der Waals surface area contributed by atoms with Gasteiger partial charge in [0.15, 0.2) is 0 Å². The van der Waals surface area contributed by atoms with Crippen molar-refractivity contribution in [2.24, 2.45) is 0 Å². The lowest BCUT2D eigenvalue weighted by molar-refractivity contribution is -0.140. The first-order valence-electron chi connectivity index (χ1n) is 6.25. The summed E-state index contributed by atoms with van der Waals surface area (Å²) in [6.07, 6.45) is 0.322. The van der Waals surface area contributed by atoms with Gasteiger partial charge in [0.2, 0.25) is 11.8 Å². The van der Waals surface area contributed by atoms with E-state index in [-0.39, 0.29) is 17.6 Å². The Hall–Kier alpha value is -1.91. The van der Waals surface area contributed by atoms with E-state index in [9.17, 15) is 14.0 Å². The summed E-state index contributed by atoms with van der Waals surface area (Å²) in [6.45, 7) is 3.72. The molecule has 0 unspecified atom stereocenters. The minimum absolute atomic E-state index is 0.111. The van der Waals surface area contributed by atoms with Crippen LogP contribution in [0.15, 0.2) is 24.3 Å². The predicted molar refractivity (Wildman–Crippen MR) is 70.8 cm³/mol. The topological polar surface area (TPSA) is 49.4 Å². The van der Waals surface area contributed by atoms with Crippen molar-refractivity contribution in [3.63, 3.8) is 0 Å². The summed E-state index contributed by atoms with van der Waals surface area (Å²) >= 11 is 0. The first-order chi connectivity index (χ1) is 8.99. The molecule has 0 fully saturated rings. The first kappa shape index (κ1) is 15.1. The van der Waals surface area contributed by atoms with Gasteiger partial charge in [-0.05, 0) is 24.6 Å². The van der Waals surface area contributed by atoms with Gasteiger partial charge in [0, 0.05) is 20.0 Å². The molecule has 104 valence electrons. The molecule has 1 atom stereocenters. The zero-order chi connectivity index (χ0) is 14.4. The van der Waals surface area contributed by atoms with E-state index in [1.165, 1.54) is 24.1 Å². The van der Waals surface area contributed by atoms with Crippen LogP contribution < -0.4 is 5.32 Å². The molecule has 2 amide bonds. The zero-order valence-electron chi connectivity index (χ0n) is 11.4. The van der Waals surface area contributed by atoms with Crippen LogP contribution in [0.25, 0.3) is 0 Å². The van der Waals surface area contributed by atoms with E-state index < -0.39 is 6.04 Å². The van der Waals surface area contributed by atoms with Gasteiger partial charge in [-0.1, -0.05) is 19.1 Å². The number of rotatable bonds is 5. The highest BCUT2D eigenvalue weighted by Crippen LogP contribution is 2.11. The Morgan fingerprint density at radius 3 is 2.37 bits per heavy atom. The molecule has 5 heteroatoms. The van der Waals surface area contributed by atoms with Crippen molar-refractivity contribution in [1.82, 2.24) is 10.2 Å². The summed E-state index contributed by atoms with van der Waals surface area (Å²) in [4.78, 5) is 25.1. The highest BCUT2D eigenvalue weighted by Gasteiger charge is 2.24. The molecule has 0 spiro atoms. The van der Waals surface area contributed by atoms with Crippen LogP contribution in [0.5, 0.6) is 0 Å². The maximum Gasteiger partial charge on any atom is 0.242 e. The maximum atomic E-state index is 12.8. The summed E-state index contributed by atoms with van der Waals surface area (Å²) in [5, 5.41) is 2.53. The van der Waals surface area contributed by atoms with Gasteiger partial charge in [-0.25, -0.2) is 4.39 Å². The van der Waals surface area contributed by atoms with Gasteiger partial charge < -0.3 is 10.2 Å². The standard InChI is InChI=1S/C14H19FN2O2/c1-4-13(18)17(10(2)14(19)16-3)9-11-5-7-12(15)8-6-11/h5-8,10H,4,9H2,1-3H3,(H,16,19)/t10-/m0/s1. The number of hydrogen-bond donors (Lipinski definition) is 1. The Morgan fingerprint density at radius 2 is 1.89 bits per heavy atom. The number of carbonyl (C=O) groups is 2. The van der Waals surface area contributed by atoms with Crippen LogP contribution in [0.1, 0.15) is 25.8 Å². The van der Waals surface area contributed by atoms with Crippen molar-refractivity contribution >= 4 is 11.8 Å². The van der Waals surface area contributed by atoms with E-state index in [2.05, 4.69) is 5.32 Å². The molecule has 0 aliphatic carbocycles. The lowest BCUT2D eigenvalue weighted by Gasteiger charge is -2.28. The highest BCUT2D eigenvalue weighted by atomic mass is 19.1. The normalized spacial score (nSPS) is 11.8. The second-order valence-corrected chi connectivity index (χ2v) is 4.29. The van der Waals surface area contributed by atoms with Crippen LogP contribution in [-0.4, -0.2) is 29.8 Å². The largest absolute Gasteiger partial charge is 0.357 e. The maximum absolute atomic E-state index is 12.8. The van der Waals surface area contributed by atoms with E-state index in [0.29, 0.717) is 13.0 Å². The Morgan fingerprint density at radius 1 is 1.32 bits per heavy atom. The molecule has 0 radical (unpaired) electrons. The van der Waals surface area contributed by atoms with Crippen molar-refractivity contribution in [3.05, 3.63) is 35.6 Å². The Bertz CT molecular complexity index is 445. The number of halogens is 1. The molecule has 0 saturated heterocycles. The predicted octanol–water partition coefficient (Wildman–Crippen LogP) is 1.70. The van der Waals surface area contributed by atoms with Crippen molar-refractivity contribution in [1.29, 1.82) is 0 Å². The fourth-order valence-corrected chi connectivity index (χ4v) is 1.78. The second kappa shape index (κ2) is 6.87. The fraction of sp³-hybridized carbons (Fsp3) is 0.429. The summed E-state index contributed by atoms with van der Waals surface area (Å²) < 4.78 is 12.8. The van der Waals surface area contributed by atoms with Crippen molar-refractivity contribution in [3.8, 4) is 0 Å². The minimum atomic E-state index is -0.553. The zero-order valence-corrected chi connectivity index (χ0v) is 11.4. The van der Waals surface area contributed by atoms with E-state index in [1.54, 1.807) is 26.0 Å². The van der Waals surface area contributed by atoms with Gasteiger partial charge in [0.05, 0.1) is 0 Å². The molecule has 1 N–H and O–H groups in total. The molecule has 0 bridgehead atoms. The third kappa shape index (κ3) is 4.05. The minimum Gasteiger partial charge on any atom is -0.357 e. The molecule has 1 aromatic rings. The molecule has 0 saturated carbocycles. The number of nitrogens with one attached hydrogen (secondary N) is 1. The average Bonchev–Trinajstić information content (AvgIpc) is 2.44. The number of nitrogens with zero attached hydrogens (tertiary/aromatic N) is 1. The van der Waals surface area contributed by atoms with Crippen LogP contribution >= 0.6 is 0 Å². The molecule has 0 heterocycles. The van der Waals surface area contributed by atoms with E-state index in [1.807, 2.05) is 0 Å². The summed E-state index contributed by atoms with van der Waals surface area (Å²) in [5.41, 5.74) is 0.791. The molecule has 4 nitrogen and oxygen atoms in total. The summed E-state index contributed by atoms with van der Waals surface area (Å²) in [7, 11) is 1.53. The molecule has 0 aliphatic rings. The van der Waals surface area contributed by atoms with Crippen LogP contribution in [0.3, 0.4) is 0 Å². The molecular formula is C14H19FN2O2. The molecule has 19 heavy (non-hydrogen) atoms.